The highest BCUT2D eigenvalue weighted by Crippen LogP contribution is 2.14. The monoisotopic (exact) mass is 316 g/mol. The molecule has 1 aromatic rings. The molecule has 0 amide bonds. The highest BCUT2D eigenvalue weighted by atomic mass is 16.5. The molecular weight excluding hydrogens is 292 g/mol. The normalized spacial score (nSPS) is 14.5. The predicted molar refractivity (Wildman–Crippen MR) is 91.9 cm³/mol. The van der Waals surface area contributed by atoms with Crippen molar-refractivity contribution < 1.29 is 19.7 Å². The standard InChI is InChI=1S/C19H24O4/c1-4-19(3,22)13-5-6-15(2)14-23-18(21)12-9-16-7-10-17(20)11-8-16/h4,6-12,20,22H,1,5,13-14H2,2-3H3/b12-9+,15-6+/t19-/m1/s1. The maximum absolute atomic E-state index is 11.6. The average Bonchev–Trinajstić information content (AvgIpc) is 2.52. The number of esters is 1. The molecule has 4 heteroatoms. The summed E-state index contributed by atoms with van der Waals surface area (Å²) in [6.07, 6.45) is 7.69. The molecule has 0 fully saturated rings. The summed E-state index contributed by atoms with van der Waals surface area (Å²) in [7, 11) is 0. The zero-order valence-corrected chi connectivity index (χ0v) is 13.7. The quantitative estimate of drug-likeness (QED) is 0.437. The predicted octanol–water partition coefficient (Wildman–Crippen LogP) is 3.61. The molecule has 1 rings (SSSR count). The van der Waals surface area contributed by atoms with E-state index in [-0.39, 0.29) is 12.4 Å². The summed E-state index contributed by atoms with van der Waals surface area (Å²) in [5.41, 5.74) is 0.857. The van der Waals surface area contributed by atoms with E-state index in [9.17, 15) is 15.0 Å². The highest BCUT2D eigenvalue weighted by Gasteiger charge is 2.13. The van der Waals surface area contributed by atoms with Gasteiger partial charge in [0, 0.05) is 6.08 Å². The second-order valence-electron chi connectivity index (χ2n) is 5.68. The fraction of sp³-hybridized carbons (Fsp3) is 0.316. The van der Waals surface area contributed by atoms with Gasteiger partial charge in [-0.05, 0) is 56.0 Å². The van der Waals surface area contributed by atoms with Crippen LogP contribution in [-0.2, 0) is 9.53 Å². The van der Waals surface area contributed by atoms with Crippen molar-refractivity contribution in [1.82, 2.24) is 0 Å². The molecule has 1 aromatic carbocycles. The number of ether oxygens (including phenoxy) is 1. The zero-order chi connectivity index (χ0) is 17.3. The molecule has 23 heavy (non-hydrogen) atoms. The summed E-state index contributed by atoms with van der Waals surface area (Å²) in [4.78, 5) is 11.6. The second-order valence-corrected chi connectivity index (χ2v) is 5.68. The molecule has 2 N–H and O–H groups in total. The number of phenolic OH excluding ortho intramolecular Hbond substituents is 1. The lowest BCUT2D eigenvalue weighted by Gasteiger charge is -2.16. The van der Waals surface area contributed by atoms with Crippen LogP contribution >= 0.6 is 0 Å². The Morgan fingerprint density at radius 2 is 2.00 bits per heavy atom. The van der Waals surface area contributed by atoms with Gasteiger partial charge in [-0.15, -0.1) is 6.58 Å². The first-order valence-corrected chi connectivity index (χ1v) is 7.48. The summed E-state index contributed by atoms with van der Waals surface area (Å²) < 4.78 is 5.13. The number of carbonyl (C=O) groups is 1. The molecule has 0 saturated carbocycles. The van der Waals surface area contributed by atoms with Gasteiger partial charge in [0.15, 0.2) is 0 Å². The summed E-state index contributed by atoms with van der Waals surface area (Å²) in [6, 6.07) is 6.51. The largest absolute Gasteiger partial charge is 0.508 e. The number of phenols is 1. The van der Waals surface area contributed by atoms with Crippen LogP contribution in [-0.4, -0.2) is 28.4 Å². The molecular formula is C19H24O4. The molecule has 124 valence electrons. The minimum absolute atomic E-state index is 0.181. The maximum atomic E-state index is 11.6. The third-order valence-corrected chi connectivity index (χ3v) is 3.33. The molecule has 0 aromatic heterocycles. The van der Waals surface area contributed by atoms with Crippen molar-refractivity contribution in [2.24, 2.45) is 0 Å². The van der Waals surface area contributed by atoms with Crippen LogP contribution in [0.2, 0.25) is 0 Å². The third kappa shape index (κ3) is 8.02. The van der Waals surface area contributed by atoms with E-state index < -0.39 is 11.6 Å². The molecule has 0 aliphatic heterocycles. The Balaban J connectivity index is 2.37. The van der Waals surface area contributed by atoms with Gasteiger partial charge in [-0.25, -0.2) is 4.79 Å². The SMILES string of the molecule is C=C[C@@](C)(O)CC/C=C(\C)COC(=O)/C=C/c1ccc(O)cc1. The van der Waals surface area contributed by atoms with Crippen molar-refractivity contribution in [3.8, 4) is 5.75 Å². The first kappa shape index (κ1) is 18.7. The Hall–Kier alpha value is -2.33. The summed E-state index contributed by atoms with van der Waals surface area (Å²) in [5, 5.41) is 19.0. The van der Waals surface area contributed by atoms with Crippen molar-refractivity contribution in [3.05, 3.63) is 60.2 Å². The van der Waals surface area contributed by atoms with Crippen molar-refractivity contribution in [3.63, 3.8) is 0 Å². The third-order valence-electron chi connectivity index (χ3n) is 3.33. The van der Waals surface area contributed by atoms with E-state index in [0.717, 1.165) is 11.1 Å². The van der Waals surface area contributed by atoms with Crippen molar-refractivity contribution in [2.75, 3.05) is 6.61 Å². The van der Waals surface area contributed by atoms with Gasteiger partial charge in [-0.2, -0.15) is 0 Å². The van der Waals surface area contributed by atoms with Gasteiger partial charge in [0.1, 0.15) is 12.4 Å². The van der Waals surface area contributed by atoms with E-state index in [0.29, 0.717) is 12.8 Å². The molecule has 0 spiro atoms. The molecule has 1 atom stereocenters. The van der Waals surface area contributed by atoms with Crippen LogP contribution in [0.1, 0.15) is 32.3 Å². The molecule has 0 heterocycles. The van der Waals surface area contributed by atoms with E-state index in [4.69, 9.17) is 4.74 Å². The molecule has 0 radical (unpaired) electrons. The van der Waals surface area contributed by atoms with Gasteiger partial charge in [-0.1, -0.05) is 24.3 Å². The Morgan fingerprint density at radius 3 is 2.61 bits per heavy atom. The number of allylic oxidation sites excluding steroid dienone is 1. The lowest BCUT2D eigenvalue weighted by Crippen LogP contribution is -2.19. The summed E-state index contributed by atoms with van der Waals surface area (Å²) in [6.45, 7) is 7.38. The van der Waals surface area contributed by atoms with E-state index in [1.807, 2.05) is 13.0 Å². The Kier molecular flexibility index (Phi) is 7.29. The topological polar surface area (TPSA) is 66.8 Å². The van der Waals surface area contributed by atoms with Crippen LogP contribution in [0, 0.1) is 0 Å². The van der Waals surface area contributed by atoms with Crippen LogP contribution in [0.15, 0.2) is 54.6 Å². The average molecular weight is 316 g/mol. The molecule has 4 nitrogen and oxygen atoms in total. The minimum atomic E-state index is -0.875. The fourth-order valence-corrected chi connectivity index (χ4v) is 1.75. The number of benzene rings is 1. The van der Waals surface area contributed by atoms with Crippen LogP contribution in [0.25, 0.3) is 6.08 Å². The maximum Gasteiger partial charge on any atom is 0.331 e. The van der Waals surface area contributed by atoms with E-state index in [1.165, 1.54) is 12.2 Å². The molecule has 0 aliphatic rings. The molecule has 0 aliphatic carbocycles. The van der Waals surface area contributed by atoms with Crippen molar-refractivity contribution in [2.45, 2.75) is 32.3 Å². The van der Waals surface area contributed by atoms with Gasteiger partial charge < -0.3 is 14.9 Å². The Morgan fingerprint density at radius 1 is 1.35 bits per heavy atom. The number of hydrogen-bond donors (Lipinski definition) is 2. The summed E-state index contributed by atoms with van der Waals surface area (Å²) in [5.74, 6) is -0.246. The van der Waals surface area contributed by atoms with E-state index >= 15 is 0 Å². The summed E-state index contributed by atoms with van der Waals surface area (Å²) >= 11 is 0. The number of aromatic hydroxyl groups is 1. The first-order chi connectivity index (χ1) is 10.8. The van der Waals surface area contributed by atoms with Crippen LogP contribution in [0.5, 0.6) is 5.75 Å². The molecule has 0 unspecified atom stereocenters. The Bertz CT molecular complexity index is 580. The highest BCUT2D eigenvalue weighted by molar-refractivity contribution is 5.87. The van der Waals surface area contributed by atoms with E-state index in [2.05, 4.69) is 6.58 Å². The lowest BCUT2D eigenvalue weighted by atomic mass is 10.00. The van der Waals surface area contributed by atoms with Crippen LogP contribution in [0.4, 0.5) is 0 Å². The van der Waals surface area contributed by atoms with Gasteiger partial charge in [0.05, 0.1) is 5.60 Å². The molecule has 0 saturated heterocycles. The lowest BCUT2D eigenvalue weighted by molar-refractivity contribution is -0.136. The van der Waals surface area contributed by atoms with Gasteiger partial charge in [0.25, 0.3) is 0 Å². The van der Waals surface area contributed by atoms with E-state index in [1.54, 1.807) is 37.3 Å². The fourth-order valence-electron chi connectivity index (χ4n) is 1.75. The molecule has 0 bridgehead atoms. The number of carbonyl (C=O) groups excluding carboxylic acids is 1. The second kappa shape index (κ2) is 8.96. The Labute approximate surface area is 137 Å². The van der Waals surface area contributed by atoms with Crippen molar-refractivity contribution in [1.29, 1.82) is 0 Å². The van der Waals surface area contributed by atoms with Crippen LogP contribution < -0.4 is 0 Å². The number of hydrogen-bond acceptors (Lipinski definition) is 4. The van der Waals surface area contributed by atoms with Gasteiger partial charge >= 0.3 is 5.97 Å². The van der Waals surface area contributed by atoms with Gasteiger partial charge in [-0.3, -0.25) is 0 Å². The number of aliphatic hydroxyl groups is 1. The van der Waals surface area contributed by atoms with Crippen LogP contribution in [0.3, 0.4) is 0 Å². The minimum Gasteiger partial charge on any atom is -0.508 e. The van der Waals surface area contributed by atoms with Gasteiger partial charge in [0.2, 0.25) is 0 Å². The number of rotatable bonds is 8. The smallest absolute Gasteiger partial charge is 0.331 e. The van der Waals surface area contributed by atoms with Crippen molar-refractivity contribution >= 4 is 12.0 Å². The first-order valence-electron chi connectivity index (χ1n) is 7.48. The zero-order valence-electron chi connectivity index (χ0n) is 13.7.